The third-order valence-electron chi connectivity index (χ3n) is 12.6. The number of hydrogen-bond acceptors (Lipinski definition) is 3. The molecule has 0 amide bonds. The predicted octanol–water partition coefficient (Wildman–Crippen LogP) is 12.2. The van der Waals surface area contributed by atoms with E-state index in [1.54, 1.807) is 0 Å². The minimum atomic E-state index is 0.0116. The Balaban J connectivity index is 1.23. The second kappa shape index (κ2) is 12.0. The molecule has 3 nitrogen and oxygen atoms in total. The van der Waals surface area contributed by atoms with E-state index in [9.17, 15) is 0 Å². The summed E-state index contributed by atoms with van der Waals surface area (Å²) < 4.78 is 6.33. The number of fused-ring (bicyclic) bond motifs is 7. The molecule has 3 aliphatic rings. The molecule has 0 N–H and O–H groups in total. The van der Waals surface area contributed by atoms with Gasteiger partial charge in [-0.2, -0.15) is 0 Å². The molecule has 0 fully saturated rings. The fourth-order valence-corrected chi connectivity index (χ4v) is 9.78. The van der Waals surface area contributed by atoms with Crippen molar-refractivity contribution in [3.8, 4) is 11.3 Å². The first-order valence-electron chi connectivity index (χ1n) is 20.4. The highest BCUT2D eigenvalue weighted by atomic mass is 16.3. The summed E-state index contributed by atoms with van der Waals surface area (Å²) in [4.78, 5) is 5.15. The zero-order chi connectivity index (χ0) is 38.9. The monoisotopic (exact) mass is 730 g/mol. The zero-order valence-electron chi connectivity index (χ0n) is 34.3. The Morgan fingerprint density at radius 1 is 0.607 bits per heavy atom. The van der Waals surface area contributed by atoms with E-state index in [2.05, 4.69) is 181 Å². The smallest absolute Gasteiger partial charge is 0.252 e. The molecule has 0 radical (unpaired) electrons. The van der Waals surface area contributed by atoms with Crippen LogP contribution in [0.3, 0.4) is 0 Å². The molecule has 6 aromatic carbocycles. The Labute approximate surface area is 333 Å². The van der Waals surface area contributed by atoms with E-state index in [-0.39, 0.29) is 23.0 Å². The summed E-state index contributed by atoms with van der Waals surface area (Å²) >= 11 is 0. The average molecular weight is 731 g/mol. The molecule has 7 aromatic rings. The molecule has 3 heterocycles. The van der Waals surface area contributed by atoms with Gasteiger partial charge < -0.3 is 14.2 Å². The maximum atomic E-state index is 6.33. The van der Waals surface area contributed by atoms with Crippen molar-refractivity contribution in [3.63, 3.8) is 0 Å². The van der Waals surface area contributed by atoms with Crippen molar-refractivity contribution in [2.75, 3.05) is 9.80 Å². The van der Waals surface area contributed by atoms with Gasteiger partial charge in [-0.3, -0.25) is 0 Å². The van der Waals surface area contributed by atoms with Gasteiger partial charge in [0.15, 0.2) is 0 Å². The predicted molar refractivity (Wildman–Crippen MR) is 239 cm³/mol. The van der Waals surface area contributed by atoms with E-state index in [0.29, 0.717) is 0 Å². The molecule has 56 heavy (non-hydrogen) atoms. The van der Waals surface area contributed by atoms with E-state index in [0.717, 1.165) is 35.1 Å². The van der Waals surface area contributed by atoms with Gasteiger partial charge in [-0.15, -0.1) is 0 Å². The lowest BCUT2D eigenvalue weighted by molar-refractivity contribution is 0.393. The molecule has 0 bridgehead atoms. The summed E-state index contributed by atoms with van der Waals surface area (Å²) in [7, 11) is 0. The van der Waals surface area contributed by atoms with Crippen molar-refractivity contribution in [2.24, 2.45) is 5.41 Å². The molecule has 1 aromatic heterocycles. The van der Waals surface area contributed by atoms with Gasteiger partial charge in [-0.05, 0) is 147 Å². The molecule has 0 unspecified atom stereocenters. The van der Waals surface area contributed by atoms with Crippen molar-refractivity contribution in [2.45, 2.75) is 86.0 Å². The summed E-state index contributed by atoms with van der Waals surface area (Å²) in [6.45, 7) is 21.1. The average Bonchev–Trinajstić information content (AvgIpc) is 3.73. The summed E-state index contributed by atoms with van der Waals surface area (Å²) in [5.74, 6) is 0.895. The third-order valence-corrected chi connectivity index (χ3v) is 12.6. The van der Waals surface area contributed by atoms with Crippen LogP contribution in [0.2, 0.25) is 0 Å². The van der Waals surface area contributed by atoms with E-state index in [4.69, 9.17) is 4.42 Å². The summed E-state index contributed by atoms with van der Waals surface area (Å²) in [6.07, 6.45) is 2.15. The Kier molecular flexibility index (Phi) is 7.50. The first-order chi connectivity index (χ1) is 26.6. The lowest BCUT2D eigenvalue weighted by Crippen LogP contribution is -2.61. The van der Waals surface area contributed by atoms with Crippen LogP contribution in [0.25, 0.3) is 22.3 Å². The SMILES string of the molecule is Cc1cc2c3c(c1)N(c1ccc(-c4cc5ccccc5o4)cc1)c1c(ccc4c1CC(C)(C)C4)B3c1cc(C(C)(C)C)ccc1N2c1ccc(C(C)(C)C)cc1. The van der Waals surface area contributed by atoms with Gasteiger partial charge in [0.1, 0.15) is 11.3 Å². The maximum Gasteiger partial charge on any atom is 0.252 e. The second-order valence-corrected chi connectivity index (χ2v) is 19.5. The molecule has 1 aliphatic carbocycles. The van der Waals surface area contributed by atoms with Gasteiger partial charge in [0.25, 0.3) is 6.71 Å². The quantitative estimate of drug-likeness (QED) is 0.169. The van der Waals surface area contributed by atoms with E-state index >= 15 is 0 Å². The van der Waals surface area contributed by atoms with Crippen molar-refractivity contribution in [1.82, 2.24) is 0 Å². The van der Waals surface area contributed by atoms with Gasteiger partial charge >= 0.3 is 0 Å². The van der Waals surface area contributed by atoms with Crippen LogP contribution in [0.1, 0.15) is 83.2 Å². The van der Waals surface area contributed by atoms with Gasteiger partial charge in [0.2, 0.25) is 0 Å². The number of rotatable bonds is 3. The normalized spacial score (nSPS) is 15.5. The van der Waals surface area contributed by atoms with E-state index in [1.165, 1.54) is 78.3 Å². The molecule has 0 spiro atoms. The number of furan rings is 1. The molecule has 0 saturated heterocycles. The Morgan fingerprint density at radius 3 is 1.95 bits per heavy atom. The van der Waals surface area contributed by atoms with Crippen molar-refractivity contribution in [3.05, 3.63) is 149 Å². The molecule has 10 rings (SSSR count). The number of anilines is 6. The summed E-state index contributed by atoms with van der Waals surface area (Å²) in [5.41, 5.74) is 20.9. The van der Waals surface area contributed by atoms with Crippen molar-refractivity contribution in [1.29, 1.82) is 0 Å². The van der Waals surface area contributed by atoms with Crippen LogP contribution in [-0.2, 0) is 23.7 Å². The van der Waals surface area contributed by atoms with E-state index < -0.39 is 0 Å². The number of hydrogen-bond donors (Lipinski definition) is 0. The highest BCUT2D eigenvalue weighted by Gasteiger charge is 2.46. The number of benzene rings is 6. The van der Waals surface area contributed by atoms with Crippen LogP contribution in [0.4, 0.5) is 34.1 Å². The van der Waals surface area contributed by atoms with Crippen LogP contribution >= 0.6 is 0 Å². The van der Waals surface area contributed by atoms with Crippen LogP contribution < -0.4 is 26.2 Å². The lowest BCUT2D eigenvalue weighted by atomic mass is 9.33. The number of para-hydroxylation sites is 1. The van der Waals surface area contributed by atoms with Crippen LogP contribution in [0, 0.1) is 12.3 Å². The molecule has 2 aliphatic heterocycles. The Morgan fingerprint density at radius 2 is 1.25 bits per heavy atom. The Hall–Kier alpha value is -5.48. The highest BCUT2D eigenvalue weighted by molar-refractivity contribution is 7.00. The standard InChI is InChI=1S/C52H51BN2O/c1-32-26-44-48-45(27-32)55(39-20-14-33(15-21-39)47-28-34-12-10-11-13-46(34)56-47)49-40-31-52(8,9)30-35(40)16-24-41(49)53(48)42-29-37(51(5,6)7)19-25-43(42)54(44)38-22-17-36(18-23-38)50(2,3)4/h10-29H,30-31H2,1-9H3. The fourth-order valence-electron chi connectivity index (χ4n) is 9.78. The maximum absolute atomic E-state index is 6.33. The molecular formula is C52H51BN2O. The largest absolute Gasteiger partial charge is 0.456 e. The zero-order valence-corrected chi connectivity index (χ0v) is 34.3. The molecule has 278 valence electrons. The third kappa shape index (κ3) is 5.47. The fraction of sp³-hybridized carbons (Fsp3) is 0.269. The van der Waals surface area contributed by atoms with Gasteiger partial charge in [-0.1, -0.05) is 110 Å². The van der Waals surface area contributed by atoms with Crippen LogP contribution in [0.15, 0.2) is 126 Å². The van der Waals surface area contributed by atoms with E-state index in [1.807, 2.05) is 12.1 Å². The van der Waals surface area contributed by atoms with Gasteiger partial charge in [0, 0.05) is 45.1 Å². The van der Waals surface area contributed by atoms with Crippen LogP contribution in [0.5, 0.6) is 0 Å². The topological polar surface area (TPSA) is 19.6 Å². The van der Waals surface area contributed by atoms with Gasteiger partial charge in [-0.25, -0.2) is 0 Å². The first-order valence-corrected chi connectivity index (χ1v) is 20.4. The minimum absolute atomic E-state index is 0.0116. The van der Waals surface area contributed by atoms with Crippen LogP contribution in [-0.4, -0.2) is 6.71 Å². The molecule has 4 heteroatoms. The lowest BCUT2D eigenvalue weighted by Gasteiger charge is -2.45. The molecule has 0 atom stereocenters. The highest BCUT2D eigenvalue weighted by Crippen LogP contribution is 2.49. The summed E-state index contributed by atoms with van der Waals surface area (Å²) in [6, 6.07) is 45.9. The number of aryl methyl sites for hydroxylation is 1. The first kappa shape index (κ1) is 35.0. The Bertz CT molecular complexity index is 2670. The number of nitrogens with zero attached hydrogens (tertiary/aromatic N) is 2. The van der Waals surface area contributed by atoms with Gasteiger partial charge in [0.05, 0.1) is 0 Å². The van der Waals surface area contributed by atoms with Crippen molar-refractivity contribution >= 4 is 68.2 Å². The summed E-state index contributed by atoms with van der Waals surface area (Å²) in [5, 5.41) is 1.12. The molecular weight excluding hydrogens is 679 g/mol. The molecule has 0 saturated carbocycles. The van der Waals surface area contributed by atoms with Crippen molar-refractivity contribution < 1.29 is 4.42 Å². The second-order valence-electron chi connectivity index (χ2n) is 19.5. The minimum Gasteiger partial charge on any atom is -0.456 e.